The Hall–Kier alpha value is -1.99. The number of nitrogens with zero attached hydrogens (tertiary/aromatic N) is 1. The lowest BCUT2D eigenvalue weighted by Gasteiger charge is -2.11. The molecule has 2 N–H and O–H groups in total. The highest BCUT2D eigenvalue weighted by atomic mass is 16.7. The molecule has 0 bridgehead atoms. The van der Waals surface area contributed by atoms with E-state index in [1.54, 1.807) is 7.11 Å². The zero-order valence-electron chi connectivity index (χ0n) is 14.5. The molecule has 1 aromatic carbocycles. The van der Waals surface area contributed by atoms with Gasteiger partial charge in [-0.1, -0.05) is 6.07 Å². The summed E-state index contributed by atoms with van der Waals surface area (Å²) in [7, 11) is 1.66. The highest BCUT2D eigenvalue weighted by Crippen LogP contribution is 2.32. The molecule has 0 fully saturated rings. The van der Waals surface area contributed by atoms with Crippen molar-refractivity contribution in [3.05, 3.63) is 23.8 Å². The van der Waals surface area contributed by atoms with Crippen LogP contribution in [0.4, 0.5) is 0 Å². The molecule has 1 aliphatic rings. The molecule has 0 aromatic heterocycles. The number of aliphatic imine (C=N–C) groups is 1. The minimum absolute atomic E-state index is 0.306. The topological polar surface area (TPSA) is 73.3 Å². The van der Waals surface area contributed by atoms with Gasteiger partial charge in [0.1, 0.15) is 0 Å². The van der Waals surface area contributed by atoms with Crippen molar-refractivity contribution in [3.8, 4) is 11.5 Å². The number of hydrogen-bond acceptors (Lipinski definition) is 5. The number of guanidine groups is 1. The Morgan fingerprint density at radius 1 is 1.17 bits per heavy atom. The number of nitrogens with one attached hydrogen (secondary N) is 2. The second-order valence-electron chi connectivity index (χ2n) is 5.23. The van der Waals surface area contributed by atoms with Crippen LogP contribution in [0.1, 0.15) is 12.5 Å². The number of ether oxygens (including phenoxy) is 4. The molecule has 0 radical (unpaired) electrons. The van der Waals surface area contributed by atoms with Crippen molar-refractivity contribution in [2.24, 2.45) is 4.99 Å². The molecule has 0 amide bonds. The Labute approximate surface area is 143 Å². The molecule has 1 aliphatic heterocycles. The van der Waals surface area contributed by atoms with Crippen LogP contribution in [0.5, 0.6) is 11.5 Å². The maximum atomic E-state index is 5.41. The van der Waals surface area contributed by atoms with Crippen molar-refractivity contribution in [1.29, 1.82) is 0 Å². The van der Waals surface area contributed by atoms with E-state index in [1.807, 2.05) is 19.1 Å². The summed E-state index contributed by atoms with van der Waals surface area (Å²) in [6.45, 7) is 6.37. The summed E-state index contributed by atoms with van der Waals surface area (Å²) in [6, 6.07) is 6.04. The second-order valence-corrected chi connectivity index (χ2v) is 5.23. The van der Waals surface area contributed by atoms with Crippen LogP contribution in [0.25, 0.3) is 0 Å². The molecule has 0 unspecified atom stereocenters. The predicted octanol–water partition coefficient (Wildman–Crippen LogP) is 1.18. The van der Waals surface area contributed by atoms with Gasteiger partial charge in [0.05, 0.1) is 26.4 Å². The Morgan fingerprint density at radius 3 is 2.88 bits per heavy atom. The summed E-state index contributed by atoms with van der Waals surface area (Å²) in [6.07, 6.45) is 0.880. The Bertz CT molecular complexity index is 523. The lowest BCUT2D eigenvalue weighted by atomic mass is 10.1. The van der Waals surface area contributed by atoms with Crippen molar-refractivity contribution >= 4 is 5.96 Å². The van der Waals surface area contributed by atoms with Gasteiger partial charge in [-0.15, -0.1) is 0 Å². The van der Waals surface area contributed by atoms with Crippen molar-refractivity contribution < 1.29 is 18.9 Å². The number of fused-ring (bicyclic) bond motifs is 1. The lowest BCUT2D eigenvalue weighted by Crippen LogP contribution is -2.38. The van der Waals surface area contributed by atoms with Gasteiger partial charge in [0, 0.05) is 20.2 Å². The van der Waals surface area contributed by atoms with E-state index in [0.717, 1.165) is 37.0 Å². The van der Waals surface area contributed by atoms with Crippen molar-refractivity contribution in [2.75, 3.05) is 53.4 Å². The summed E-state index contributed by atoms with van der Waals surface area (Å²) in [5.74, 6) is 2.44. The SMILES string of the molecule is CCNC(=NCCOCCOC)NCCc1ccc2c(c1)OCO2. The summed E-state index contributed by atoms with van der Waals surface area (Å²) in [5.41, 5.74) is 1.20. The first-order valence-corrected chi connectivity index (χ1v) is 8.31. The van der Waals surface area contributed by atoms with Gasteiger partial charge < -0.3 is 29.6 Å². The smallest absolute Gasteiger partial charge is 0.231 e. The van der Waals surface area contributed by atoms with E-state index in [1.165, 1.54) is 5.56 Å². The average Bonchev–Trinajstić information content (AvgIpc) is 3.05. The summed E-state index contributed by atoms with van der Waals surface area (Å²) >= 11 is 0. The molecule has 0 atom stereocenters. The van der Waals surface area contributed by atoms with Crippen molar-refractivity contribution in [3.63, 3.8) is 0 Å². The molecule has 7 heteroatoms. The Kier molecular flexibility index (Phi) is 8.20. The van der Waals surface area contributed by atoms with E-state index in [4.69, 9.17) is 18.9 Å². The predicted molar refractivity (Wildman–Crippen MR) is 92.9 cm³/mol. The van der Waals surface area contributed by atoms with E-state index in [-0.39, 0.29) is 0 Å². The van der Waals surface area contributed by atoms with E-state index >= 15 is 0 Å². The first-order chi connectivity index (χ1) is 11.8. The maximum Gasteiger partial charge on any atom is 0.231 e. The number of rotatable bonds is 10. The maximum absolute atomic E-state index is 5.41. The van der Waals surface area contributed by atoms with Gasteiger partial charge in [-0.05, 0) is 31.0 Å². The van der Waals surface area contributed by atoms with Crippen LogP contribution in [-0.2, 0) is 15.9 Å². The lowest BCUT2D eigenvalue weighted by molar-refractivity contribution is 0.0748. The first-order valence-electron chi connectivity index (χ1n) is 8.31. The molecule has 2 rings (SSSR count). The third-order valence-electron chi connectivity index (χ3n) is 3.42. The quantitative estimate of drug-likeness (QED) is 0.379. The zero-order chi connectivity index (χ0) is 17.0. The molecule has 0 saturated carbocycles. The molecule has 24 heavy (non-hydrogen) atoms. The van der Waals surface area contributed by atoms with Crippen molar-refractivity contribution in [1.82, 2.24) is 10.6 Å². The fraction of sp³-hybridized carbons (Fsp3) is 0.588. The summed E-state index contributed by atoms with van der Waals surface area (Å²) in [4.78, 5) is 4.48. The third-order valence-corrected chi connectivity index (χ3v) is 3.42. The molecular weight excluding hydrogens is 310 g/mol. The molecule has 1 aromatic rings. The molecule has 0 saturated heterocycles. The summed E-state index contributed by atoms with van der Waals surface area (Å²) in [5, 5.41) is 6.55. The van der Waals surface area contributed by atoms with Gasteiger partial charge >= 0.3 is 0 Å². The van der Waals surface area contributed by atoms with Gasteiger partial charge in [0.2, 0.25) is 6.79 Å². The standard InChI is InChI=1S/C17H27N3O4/c1-3-18-17(20-8-9-22-11-10-21-2)19-7-6-14-4-5-15-16(12-14)24-13-23-15/h4-5,12H,3,6-11,13H2,1-2H3,(H2,18,19,20). The van der Waals surface area contributed by atoms with Crippen LogP contribution in [0, 0.1) is 0 Å². The normalized spacial score (nSPS) is 13.2. The Morgan fingerprint density at radius 2 is 2.04 bits per heavy atom. The van der Waals surface area contributed by atoms with Crippen LogP contribution in [0.2, 0.25) is 0 Å². The zero-order valence-corrected chi connectivity index (χ0v) is 14.5. The van der Waals surface area contributed by atoms with E-state index in [9.17, 15) is 0 Å². The van der Waals surface area contributed by atoms with Crippen LogP contribution in [0.15, 0.2) is 23.2 Å². The minimum Gasteiger partial charge on any atom is -0.454 e. The highest BCUT2D eigenvalue weighted by molar-refractivity contribution is 5.79. The fourth-order valence-corrected chi connectivity index (χ4v) is 2.23. The minimum atomic E-state index is 0.306. The largest absolute Gasteiger partial charge is 0.454 e. The third kappa shape index (κ3) is 6.25. The molecule has 134 valence electrons. The van der Waals surface area contributed by atoms with Crippen LogP contribution in [-0.4, -0.2) is 59.3 Å². The second kappa shape index (κ2) is 10.7. The van der Waals surface area contributed by atoms with E-state index in [2.05, 4.69) is 21.7 Å². The summed E-state index contributed by atoms with van der Waals surface area (Å²) < 4.78 is 21.1. The molecule has 1 heterocycles. The Balaban J connectivity index is 1.70. The molecule has 0 spiro atoms. The molecular formula is C17H27N3O4. The monoisotopic (exact) mass is 337 g/mol. The van der Waals surface area contributed by atoms with Crippen LogP contribution >= 0.6 is 0 Å². The fourth-order valence-electron chi connectivity index (χ4n) is 2.23. The number of hydrogen-bond donors (Lipinski definition) is 2. The first kappa shape index (κ1) is 18.4. The van der Waals surface area contributed by atoms with Gasteiger partial charge in [-0.2, -0.15) is 0 Å². The molecule has 7 nitrogen and oxygen atoms in total. The molecule has 0 aliphatic carbocycles. The van der Waals surface area contributed by atoms with E-state index in [0.29, 0.717) is 33.2 Å². The van der Waals surface area contributed by atoms with Gasteiger partial charge in [-0.3, -0.25) is 4.99 Å². The number of methoxy groups -OCH3 is 1. The number of benzene rings is 1. The van der Waals surface area contributed by atoms with Gasteiger partial charge in [-0.25, -0.2) is 0 Å². The van der Waals surface area contributed by atoms with Gasteiger partial charge in [0.25, 0.3) is 0 Å². The van der Waals surface area contributed by atoms with Crippen molar-refractivity contribution in [2.45, 2.75) is 13.3 Å². The van der Waals surface area contributed by atoms with Gasteiger partial charge in [0.15, 0.2) is 17.5 Å². The highest BCUT2D eigenvalue weighted by Gasteiger charge is 2.12. The van der Waals surface area contributed by atoms with Crippen LogP contribution < -0.4 is 20.1 Å². The van der Waals surface area contributed by atoms with Crippen LogP contribution in [0.3, 0.4) is 0 Å². The van der Waals surface area contributed by atoms with E-state index < -0.39 is 0 Å². The average molecular weight is 337 g/mol.